The van der Waals surface area contributed by atoms with Crippen molar-refractivity contribution >= 4 is 5.97 Å². The highest BCUT2D eigenvalue weighted by molar-refractivity contribution is 5.81. The Morgan fingerprint density at radius 2 is 2.24 bits per heavy atom. The summed E-state index contributed by atoms with van der Waals surface area (Å²) in [5.41, 5.74) is 0.866. The first kappa shape index (κ1) is 11.9. The summed E-state index contributed by atoms with van der Waals surface area (Å²) < 4.78 is 10.7. The average Bonchev–Trinajstić information content (AvgIpc) is 3.18. The number of hydrogen-bond acceptors (Lipinski definition) is 3. The van der Waals surface area contributed by atoms with Gasteiger partial charge in [-0.2, -0.15) is 0 Å². The van der Waals surface area contributed by atoms with E-state index in [1.807, 2.05) is 37.3 Å². The quantitative estimate of drug-likeness (QED) is 0.444. The minimum absolute atomic E-state index is 0.133. The Kier molecular flexibility index (Phi) is 3.29. The van der Waals surface area contributed by atoms with Crippen LogP contribution >= 0.6 is 0 Å². The van der Waals surface area contributed by atoms with Gasteiger partial charge in [0.1, 0.15) is 5.60 Å². The number of benzene rings is 1. The second-order valence-electron chi connectivity index (χ2n) is 4.28. The molecular formula is C14H16O3. The van der Waals surface area contributed by atoms with Gasteiger partial charge in [-0.3, -0.25) is 0 Å². The molecule has 3 heteroatoms. The average molecular weight is 232 g/mol. The monoisotopic (exact) mass is 232 g/mol. The van der Waals surface area contributed by atoms with Crippen LogP contribution in [0.5, 0.6) is 0 Å². The third-order valence-electron chi connectivity index (χ3n) is 3.16. The van der Waals surface area contributed by atoms with E-state index in [-0.39, 0.29) is 17.5 Å². The molecule has 0 spiro atoms. The Morgan fingerprint density at radius 1 is 1.59 bits per heavy atom. The second kappa shape index (κ2) is 4.72. The standard InChI is InChI=1S/C14H16O3/c1-3-13(15)16-9-11(2)14(10-17-14)12-7-5-4-6-8-12/h3-8,11H,1,9-10H2,2H3. The molecule has 1 saturated heterocycles. The Bertz CT molecular complexity index is 407. The van der Waals surface area contributed by atoms with Crippen LogP contribution in [-0.4, -0.2) is 19.2 Å². The normalized spacial score (nSPS) is 23.8. The molecule has 0 bridgehead atoms. The first-order valence-corrected chi connectivity index (χ1v) is 5.68. The maximum atomic E-state index is 11.0. The van der Waals surface area contributed by atoms with Crippen molar-refractivity contribution < 1.29 is 14.3 Å². The summed E-state index contributed by atoms with van der Waals surface area (Å²) in [7, 11) is 0. The molecule has 0 aliphatic carbocycles. The smallest absolute Gasteiger partial charge is 0.330 e. The fourth-order valence-corrected chi connectivity index (χ4v) is 1.93. The molecule has 0 N–H and O–H groups in total. The first-order chi connectivity index (χ1) is 8.19. The molecule has 0 aromatic heterocycles. The van der Waals surface area contributed by atoms with E-state index in [0.717, 1.165) is 5.56 Å². The maximum absolute atomic E-state index is 11.0. The fraction of sp³-hybridized carbons (Fsp3) is 0.357. The summed E-state index contributed by atoms with van der Waals surface area (Å²) in [6.45, 7) is 6.42. The van der Waals surface area contributed by atoms with Crippen molar-refractivity contribution in [1.82, 2.24) is 0 Å². The van der Waals surface area contributed by atoms with Gasteiger partial charge < -0.3 is 9.47 Å². The van der Waals surface area contributed by atoms with Crippen LogP contribution in [0, 0.1) is 5.92 Å². The molecular weight excluding hydrogens is 216 g/mol. The van der Waals surface area contributed by atoms with E-state index in [4.69, 9.17) is 9.47 Å². The van der Waals surface area contributed by atoms with Gasteiger partial charge >= 0.3 is 5.97 Å². The van der Waals surface area contributed by atoms with Crippen molar-refractivity contribution in [2.75, 3.05) is 13.2 Å². The van der Waals surface area contributed by atoms with Gasteiger partial charge in [0.2, 0.25) is 0 Å². The number of ether oxygens (including phenoxy) is 2. The van der Waals surface area contributed by atoms with Crippen LogP contribution < -0.4 is 0 Å². The molecule has 1 fully saturated rings. The zero-order chi connectivity index (χ0) is 12.3. The molecule has 1 aliphatic heterocycles. The summed E-state index contributed by atoms with van der Waals surface area (Å²) >= 11 is 0. The van der Waals surface area contributed by atoms with Crippen molar-refractivity contribution in [1.29, 1.82) is 0 Å². The summed E-state index contributed by atoms with van der Waals surface area (Å²) in [6.07, 6.45) is 1.18. The van der Waals surface area contributed by atoms with Gasteiger partial charge in [0.15, 0.2) is 0 Å². The first-order valence-electron chi connectivity index (χ1n) is 5.68. The van der Waals surface area contributed by atoms with Crippen LogP contribution in [0.15, 0.2) is 43.0 Å². The number of esters is 1. The largest absolute Gasteiger partial charge is 0.462 e. The summed E-state index contributed by atoms with van der Waals surface area (Å²) in [4.78, 5) is 11.0. The summed E-state index contributed by atoms with van der Waals surface area (Å²) in [5.74, 6) is -0.255. The van der Waals surface area contributed by atoms with E-state index in [2.05, 4.69) is 6.58 Å². The molecule has 1 aliphatic rings. The van der Waals surface area contributed by atoms with Gasteiger partial charge in [-0.25, -0.2) is 4.79 Å². The summed E-state index contributed by atoms with van der Waals surface area (Å²) in [5, 5.41) is 0. The van der Waals surface area contributed by atoms with E-state index in [1.165, 1.54) is 6.08 Å². The van der Waals surface area contributed by atoms with Crippen molar-refractivity contribution in [2.24, 2.45) is 5.92 Å². The van der Waals surface area contributed by atoms with Crippen LogP contribution in [0.2, 0.25) is 0 Å². The minimum atomic E-state index is -0.388. The number of hydrogen-bond donors (Lipinski definition) is 0. The van der Waals surface area contributed by atoms with Crippen LogP contribution in [0.3, 0.4) is 0 Å². The number of epoxide rings is 1. The molecule has 2 unspecified atom stereocenters. The predicted molar refractivity (Wildman–Crippen MR) is 64.4 cm³/mol. The third kappa shape index (κ3) is 2.39. The van der Waals surface area contributed by atoms with Gasteiger partial charge in [0.05, 0.1) is 13.2 Å². The van der Waals surface area contributed by atoms with Gasteiger partial charge in [0.25, 0.3) is 0 Å². The number of carbonyl (C=O) groups is 1. The SMILES string of the molecule is C=CC(=O)OCC(C)C1(c2ccccc2)CO1. The Morgan fingerprint density at radius 3 is 2.76 bits per heavy atom. The highest BCUT2D eigenvalue weighted by Crippen LogP contribution is 2.45. The van der Waals surface area contributed by atoms with Gasteiger partial charge in [-0.1, -0.05) is 43.8 Å². The molecule has 0 amide bonds. The van der Waals surface area contributed by atoms with E-state index in [9.17, 15) is 4.79 Å². The lowest BCUT2D eigenvalue weighted by Crippen LogP contribution is -2.25. The zero-order valence-electron chi connectivity index (χ0n) is 9.89. The van der Waals surface area contributed by atoms with Crippen LogP contribution in [-0.2, 0) is 19.9 Å². The van der Waals surface area contributed by atoms with E-state index in [0.29, 0.717) is 13.2 Å². The lowest BCUT2D eigenvalue weighted by Gasteiger charge is -2.20. The zero-order valence-corrected chi connectivity index (χ0v) is 9.89. The molecule has 1 heterocycles. The van der Waals surface area contributed by atoms with Gasteiger partial charge in [-0.05, 0) is 5.56 Å². The van der Waals surface area contributed by atoms with E-state index < -0.39 is 0 Å². The number of rotatable bonds is 5. The van der Waals surface area contributed by atoms with Crippen molar-refractivity contribution in [3.8, 4) is 0 Å². The highest BCUT2D eigenvalue weighted by atomic mass is 16.6. The fourth-order valence-electron chi connectivity index (χ4n) is 1.93. The molecule has 1 aromatic rings. The summed E-state index contributed by atoms with van der Waals surface area (Å²) in [6, 6.07) is 10.0. The van der Waals surface area contributed by atoms with E-state index >= 15 is 0 Å². The van der Waals surface area contributed by atoms with Gasteiger partial charge in [-0.15, -0.1) is 0 Å². The number of carbonyl (C=O) groups excluding carboxylic acids is 1. The Hall–Kier alpha value is -1.61. The molecule has 0 saturated carbocycles. The third-order valence-corrected chi connectivity index (χ3v) is 3.16. The van der Waals surface area contributed by atoms with Crippen LogP contribution in [0.4, 0.5) is 0 Å². The minimum Gasteiger partial charge on any atom is -0.462 e. The topological polar surface area (TPSA) is 38.8 Å². The molecule has 2 rings (SSSR count). The molecule has 3 nitrogen and oxygen atoms in total. The second-order valence-corrected chi connectivity index (χ2v) is 4.28. The molecule has 0 radical (unpaired) electrons. The Balaban J connectivity index is 2.02. The van der Waals surface area contributed by atoms with Crippen molar-refractivity contribution in [3.63, 3.8) is 0 Å². The predicted octanol–water partition coefficient (Wildman–Crippen LogP) is 2.28. The van der Waals surface area contributed by atoms with Crippen LogP contribution in [0.1, 0.15) is 12.5 Å². The highest BCUT2D eigenvalue weighted by Gasteiger charge is 2.51. The lowest BCUT2D eigenvalue weighted by molar-refractivity contribution is -0.139. The Labute approximate surface area is 101 Å². The molecule has 17 heavy (non-hydrogen) atoms. The molecule has 2 atom stereocenters. The van der Waals surface area contributed by atoms with E-state index in [1.54, 1.807) is 0 Å². The maximum Gasteiger partial charge on any atom is 0.330 e. The molecule has 90 valence electrons. The molecule has 1 aromatic carbocycles. The van der Waals surface area contributed by atoms with Crippen LogP contribution in [0.25, 0.3) is 0 Å². The lowest BCUT2D eigenvalue weighted by atomic mass is 9.88. The van der Waals surface area contributed by atoms with Gasteiger partial charge in [0, 0.05) is 12.0 Å². The van der Waals surface area contributed by atoms with Crippen molar-refractivity contribution in [2.45, 2.75) is 12.5 Å². The van der Waals surface area contributed by atoms with Crippen molar-refractivity contribution in [3.05, 3.63) is 48.6 Å².